The third kappa shape index (κ3) is 2.22. The fourth-order valence-corrected chi connectivity index (χ4v) is 1.74. The highest BCUT2D eigenvalue weighted by molar-refractivity contribution is 5.82. The number of aromatic nitrogens is 1. The Bertz CT molecular complexity index is 508. The lowest BCUT2D eigenvalue weighted by Gasteiger charge is -2.06. The van der Waals surface area contributed by atoms with Crippen molar-refractivity contribution in [2.24, 2.45) is 5.10 Å². The van der Waals surface area contributed by atoms with Crippen LogP contribution in [0.3, 0.4) is 0 Å². The van der Waals surface area contributed by atoms with Gasteiger partial charge < -0.3 is 0 Å². The van der Waals surface area contributed by atoms with Crippen LogP contribution in [0.4, 0.5) is 0 Å². The summed E-state index contributed by atoms with van der Waals surface area (Å²) >= 11 is 0. The summed E-state index contributed by atoms with van der Waals surface area (Å²) in [6.45, 7) is 6.38. The van der Waals surface area contributed by atoms with Crippen LogP contribution in [0.1, 0.15) is 22.3 Å². The zero-order valence-electron chi connectivity index (χ0n) is 9.94. The summed E-state index contributed by atoms with van der Waals surface area (Å²) < 4.78 is 1.80. The van der Waals surface area contributed by atoms with Crippen LogP contribution in [0.2, 0.25) is 0 Å². The summed E-state index contributed by atoms with van der Waals surface area (Å²) in [5.74, 6) is 0. The van der Waals surface area contributed by atoms with Crippen LogP contribution in [0.25, 0.3) is 0 Å². The van der Waals surface area contributed by atoms with E-state index in [9.17, 15) is 0 Å². The minimum atomic E-state index is 1.19. The number of nitrogens with zero attached hydrogens (tertiary/aromatic N) is 2. The van der Waals surface area contributed by atoms with E-state index >= 15 is 0 Å². The van der Waals surface area contributed by atoms with Crippen molar-refractivity contribution in [1.82, 2.24) is 4.68 Å². The molecule has 0 saturated heterocycles. The smallest absolute Gasteiger partial charge is 0.0553 e. The molecule has 0 aliphatic rings. The molecule has 1 aromatic carbocycles. The van der Waals surface area contributed by atoms with Gasteiger partial charge >= 0.3 is 0 Å². The monoisotopic (exact) mass is 212 g/mol. The van der Waals surface area contributed by atoms with Crippen LogP contribution in [0, 0.1) is 20.8 Å². The van der Waals surface area contributed by atoms with E-state index < -0.39 is 0 Å². The zero-order valence-corrected chi connectivity index (χ0v) is 9.94. The third-order valence-corrected chi connectivity index (χ3v) is 2.77. The summed E-state index contributed by atoms with van der Waals surface area (Å²) in [6.07, 6.45) is 5.76. The van der Waals surface area contributed by atoms with Crippen molar-refractivity contribution in [3.63, 3.8) is 0 Å². The molecule has 0 aliphatic carbocycles. The Labute approximate surface area is 96.2 Å². The zero-order chi connectivity index (χ0) is 11.5. The molecular formula is C14H16N2. The molecule has 0 aliphatic heterocycles. The van der Waals surface area contributed by atoms with Gasteiger partial charge in [-0.1, -0.05) is 17.7 Å². The van der Waals surface area contributed by atoms with Gasteiger partial charge in [0.15, 0.2) is 0 Å². The first kappa shape index (κ1) is 10.7. The van der Waals surface area contributed by atoms with Crippen LogP contribution < -0.4 is 0 Å². The number of hydrogen-bond donors (Lipinski definition) is 0. The summed E-state index contributed by atoms with van der Waals surface area (Å²) in [5.41, 5.74) is 5.07. The molecule has 0 amide bonds. The molecule has 0 atom stereocenters. The first-order valence-corrected chi connectivity index (χ1v) is 5.42. The van der Waals surface area contributed by atoms with Crippen molar-refractivity contribution in [3.05, 3.63) is 58.9 Å². The second-order valence-corrected chi connectivity index (χ2v) is 4.10. The Morgan fingerprint density at radius 2 is 1.75 bits per heavy atom. The molecule has 16 heavy (non-hydrogen) atoms. The van der Waals surface area contributed by atoms with Crippen molar-refractivity contribution < 1.29 is 0 Å². The van der Waals surface area contributed by atoms with E-state index in [1.165, 1.54) is 22.3 Å². The number of aryl methyl sites for hydroxylation is 2. The second kappa shape index (κ2) is 4.35. The van der Waals surface area contributed by atoms with Gasteiger partial charge in [0.2, 0.25) is 0 Å². The van der Waals surface area contributed by atoms with Crippen LogP contribution in [0.15, 0.2) is 41.8 Å². The highest BCUT2D eigenvalue weighted by Crippen LogP contribution is 2.14. The molecule has 1 heterocycles. The summed E-state index contributed by atoms with van der Waals surface area (Å²) in [5, 5.41) is 4.37. The Kier molecular flexibility index (Phi) is 2.91. The molecule has 82 valence electrons. The highest BCUT2D eigenvalue weighted by Gasteiger charge is 1.99. The summed E-state index contributed by atoms with van der Waals surface area (Å²) in [7, 11) is 0. The topological polar surface area (TPSA) is 17.3 Å². The normalized spacial score (nSPS) is 11.2. The number of hydrogen-bond acceptors (Lipinski definition) is 1. The van der Waals surface area contributed by atoms with Gasteiger partial charge in [0.1, 0.15) is 0 Å². The summed E-state index contributed by atoms with van der Waals surface area (Å²) in [4.78, 5) is 0. The molecule has 1 aromatic heterocycles. The van der Waals surface area contributed by atoms with E-state index in [1.54, 1.807) is 4.68 Å². The van der Waals surface area contributed by atoms with Gasteiger partial charge in [-0.25, -0.2) is 4.68 Å². The van der Waals surface area contributed by atoms with Crippen molar-refractivity contribution >= 4 is 6.21 Å². The van der Waals surface area contributed by atoms with Crippen molar-refractivity contribution in [1.29, 1.82) is 0 Å². The Morgan fingerprint density at radius 3 is 2.44 bits per heavy atom. The average molecular weight is 212 g/mol. The van der Waals surface area contributed by atoms with Gasteiger partial charge in [0.25, 0.3) is 0 Å². The molecule has 0 radical (unpaired) electrons. The van der Waals surface area contributed by atoms with E-state index in [-0.39, 0.29) is 0 Å². The van der Waals surface area contributed by atoms with E-state index in [4.69, 9.17) is 0 Å². The average Bonchev–Trinajstić information content (AvgIpc) is 2.74. The van der Waals surface area contributed by atoms with Gasteiger partial charge in [-0.15, -0.1) is 0 Å². The maximum Gasteiger partial charge on any atom is 0.0553 e. The molecule has 0 N–H and O–H groups in total. The SMILES string of the molecule is Cc1cc(C)c(C)c(/C=N/n2cccc2)c1. The van der Waals surface area contributed by atoms with E-state index in [0.717, 1.165) is 0 Å². The van der Waals surface area contributed by atoms with E-state index in [0.29, 0.717) is 0 Å². The first-order valence-electron chi connectivity index (χ1n) is 5.42. The maximum atomic E-state index is 4.37. The van der Waals surface area contributed by atoms with Gasteiger partial charge in [0.05, 0.1) is 6.21 Å². The summed E-state index contributed by atoms with van der Waals surface area (Å²) in [6, 6.07) is 8.29. The lowest BCUT2D eigenvalue weighted by atomic mass is 10.0. The van der Waals surface area contributed by atoms with Crippen LogP contribution in [-0.4, -0.2) is 10.9 Å². The van der Waals surface area contributed by atoms with Crippen LogP contribution >= 0.6 is 0 Å². The molecular weight excluding hydrogens is 196 g/mol. The van der Waals surface area contributed by atoms with Gasteiger partial charge in [0, 0.05) is 12.4 Å². The number of benzene rings is 1. The molecule has 0 saturated carbocycles. The van der Waals surface area contributed by atoms with Crippen molar-refractivity contribution in [3.8, 4) is 0 Å². The molecule has 2 nitrogen and oxygen atoms in total. The van der Waals surface area contributed by atoms with Gasteiger partial charge in [-0.05, 0) is 49.6 Å². The van der Waals surface area contributed by atoms with Crippen LogP contribution in [0.5, 0.6) is 0 Å². The molecule has 2 rings (SSSR count). The predicted molar refractivity (Wildman–Crippen MR) is 68.1 cm³/mol. The van der Waals surface area contributed by atoms with Crippen LogP contribution in [-0.2, 0) is 0 Å². The predicted octanol–water partition coefficient (Wildman–Crippen LogP) is 3.30. The lowest BCUT2D eigenvalue weighted by molar-refractivity contribution is 0.894. The Morgan fingerprint density at radius 1 is 1.06 bits per heavy atom. The lowest BCUT2D eigenvalue weighted by Crippen LogP contribution is -1.94. The van der Waals surface area contributed by atoms with Gasteiger partial charge in [-0.2, -0.15) is 5.10 Å². The van der Waals surface area contributed by atoms with Gasteiger partial charge in [-0.3, -0.25) is 0 Å². The largest absolute Gasteiger partial charge is 0.248 e. The number of rotatable bonds is 2. The minimum Gasteiger partial charge on any atom is -0.248 e. The molecule has 2 heteroatoms. The van der Waals surface area contributed by atoms with E-state index in [2.05, 4.69) is 38.0 Å². The van der Waals surface area contributed by atoms with Crippen molar-refractivity contribution in [2.75, 3.05) is 0 Å². The maximum absolute atomic E-state index is 4.37. The third-order valence-electron chi connectivity index (χ3n) is 2.77. The standard InChI is InChI=1S/C14H16N2/c1-11-8-12(2)13(3)14(9-11)10-15-16-6-4-5-7-16/h4-10H,1-3H3/b15-10+. The molecule has 0 fully saturated rings. The minimum absolute atomic E-state index is 1.19. The van der Waals surface area contributed by atoms with E-state index in [1.807, 2.05) is 30.7 Å². The molecule has 2 aromatic rings. The fourth-order valence-electron chi connectivity index (χ4n) is 1.74. The van der Waals surface area contributed by atoms with Crippen molar-refractivity contribution in [2.45, 2.75) is 20.8 Å². The molecule has 0 spiro atoms. The molecule has 0 unspecified atom stereocenters. The quantitative estimate of drug-likeness (QED) is 0.680. The second-order valence-electron chi connectivity index (χ2n) is 4.10. The first-order chi connectivity index (χ1) is 7.66. The Balaban J connectivity index is 2.34. The fraction of sp³-hybridized carbons (Fsp3) is 0.214. The highest BCUT2D eigenvalue weighted by atomic mass is 15.3. The molecule has 0 bridgehead atoms. The Hall–Kier alpha value is -1.83.